The minimum Gasteiger partial charge on any atom is -0.497 e. The SMILES string of the molecule is COc1cccc(C=Cc2nc(C#N)c(N3CCCCCC3)o2)c1. The molecule has 0 amide bonds. The van der Waals surface area contributed by atoms with Gasteiger partial charge in [0.25, 0.3) is 0 Å². The second-order valence-electron chi connectivity index (χ2n) is 5.83. The maximum absolute atomic E-state index is 9.35. The quantitative estimate of drug-likeness (QED) is 0.847. The fourth-order valence-corrected chi connectivity index (χ4v) is 2.87. The van der Waals surface area contributed by atoms with E-state index in [2.05, 4.69) is 16.0 Å². The van der Waals surface area contributed by atoms with Gasteiger partial charge in [0.1, 0.15) is 11.8 Å². The topological polar surface area (TPSA) is 62.3 Å². The van der Waals surface area contributed by atoms with Gasteiger partial charge in [-0.1, -0.05) is 25.0 Å². The van der Waals surface area contributed by atoms with E-state index < -0.39 is 0 Å². The lowest BCUT2D eigenvalue weighted by Gasteiger charge is -2.18. The van der Waals surface area contributed by atoms with Crippen LogP contribution in [0, 0.1) is 11.3 Å². The van der Waals surface area contributed by atoms with Crippen molar-refractivity contribution in [3.63, 3.8) is 0 Å². The largest absolute Gasteiger partial charge is 0.497 e. The Balaban J connectivity index is 1.81. The third-order valence-electron chi connectivity index (χ3n) is 4.14. The van der Waals surface area contributed by atoms with Crippen molar-refractivity contribution in [1.82, 2.24) is 4.98 Å². The Labute approximate surface area is 142 Å². The summed E-state index contributed by atoms with van der Waals surface area (Å²) < 4.78 is 11.1. The van der Waals surface area contributed by atoms with E-state index >= 15 is 0 Å². The van der Waals surface area contributed by atoms with Crippen molar-refractivity contribution in [2.75, 3.05) is 25.1 Å². The summed E-state index contributed by atoms with van der Waals surface area (Å²) in [4.78, 5) is 6.44. The Kier molecular flexibility index (Phi) is 5.17. The van der Waals surface area contributed by atoms with Crippen LogP contribution in [0.4, 0.5) is 5.88 Å². The van der Waals surface area contributed by atoms with Crippen LogP contribution in [0.15, 0.2) is 28.7 Å². The number of methoxy groups -OCH3 is 1. The average Bonchev–Trinajstić information content (AvgIpc) is 2.85. The predicted octanol–water partition coefficient (Wildman–Crippen LogP) is 4.11. The van der Waals surface area contributed by atoms with Gasteiger partial charge in [0.05, 0.1) is 7.11 Å². The lowest BCUT2D eigenvalue weighted by atomic mass is 10.2. The molecule has 3 rings (SSSR count). The molecule has 5 nitrogen and oxygen atoms in total. The van der Waals surface area contributed by atoms with Gasteiger partial charge in [-0.2, -0.15) is 10.2 Å². The Hall–Kier alpha value is -2.74. The number of hydrogen-bond donors (Lipinski definition) is 0. The molecule has 0 N–H and O–H groups in total. The van der Waals surface area contributed by atoms with Crippen molar-refractivity contribution in [2.24, 2.45) is 0 Å². The van der Waals surface area contributed by atoms with Gasteiger partial charge in [0.15, 0.2) is 0 Å². The third-order valence-corrected chi connectivity index (χ3v) is 4.14. The molecule has 24 heavy (non-hydrogen) atoms. The van der Waals surface area contributed by atoms with Crippen molar-refractivity contribution in [3.8, 4) is 11.8 Å². The first-order valence-corrected chi connectivity index (χ1v) is 8.28. The van der Waals surface area contributed by atoms with Crippen LogP contribution in [0.25, 0.3) is 12.2 Å². The molecule has 0 radical (unpaired) electrons. The fourth-order valence-electron chi connectivity index (χ4n) is 2.87. The zero-order valence-corrected chi connectivity index (χ0v) is 13.9. The number of rotatable bonds is 4. The normalized spacial score (nSPS) is 15.2. The zero-order chi connectivity index (χ0) is 16.8. The van der Waals surface area contributed by atoms with Crippen LogP contribution in [-0.2, 0) is 0 Å². The first-order valence-electron chi connectivity index (χ1n) is 8.28. The number of nitrogens with zero attached hydrogens (tertiary/aromatic N) is 3. The molecular formula is C19H21N3O2. The molecule has 2 aromatic rings. The second-order valence-corrected chi connectivity index (χ2v) is 5.83. The fraction of sp³-hybridized carbons (Fsp3) is 0.368. The van der Waals surface area contributed by atoms with Crippen molar-refractivity contribution in [1.29, 1.82) is 5.26 Å². The summed E-state index contributed by atoms with van der Waals surface area (Å²) in [5.41, 5.74) is 1.35. The standard InChI is InChI=1S/C19H21N3O2/c1-23-16-8-6-7-15(13-16)9-10-18-21-17(14-20)19(24-18)22-11-4-2-3-5-12-22/h6-10,13H,2-5,11-12H2,1H3. The smallest absolute Gasteiger partial charge is 0.235 e. The molecule has 124 valence electrons. The molecule has 5 heteroatoms. The average molecular weight is 323 g/mol. The van der Waals surface area contributed by atoms with Gasteiger partial charge >= 0.3 is 0 Å². The van der Waals surface area contributed by atoms with E-state index in [0.717, 1.165) is 37.2 Å². The molecule has 0 aliphatic carbocycles. The molecule has 2 heterocycles. The number of ether oxygens (including phenoxy) is 1. The maximum atomic E-state index is 9.35. The maximum Gasteiger partial charge on any atom is 0.235 e. The summed E-state index contributed by atoms with van der Waals surface area (Å²) in [7, 11) is 1.64. The molecule has 1 fully saturated rings. The summed E-state index contributed by atoms with van der Waals surface area (Å²) >= 11 is 0. The van der Waals surface area contributed by atoms with Crippen LogP contribution in [0.3, 0.4) is 0 Å². The zero-order valence-electron chi connectivity index (χ0n) is 13.9. The highest BCUT2D eigenvalue weighted by atomic mass is 16.5. The van der Waals surface area contributed by atoms with E-state index in [9.17, 15) is 5.26 Å². The van der Waals surface area contributed by atoms with Gasteiger partial charge in [-0.15, -0.1) is 0 Å². The van der Waals surface area contributed by atoms with E-state index in [1.165, 1.54) is 12.8 Å². The predicted molar refractivity (Wildman–Crippen MR) is 93.8 cm³/mol. The molecule has 1 aliphatic rings. The van der Waals surface area contributed by atoms with Gasteiger partial charge in [0, 0.05) is 19.2 Å². The highest BCUT2D eigenvalue weighted by molar-refractivity contribution is 5.68. The number of nitriles is 1. The van der Waals surface area contributed by atoms with Crippen molar-refractivity contribution >= 4 is 18.0 Å². The molecular weight excluding hydrogens is 302 g/mol. The molecule has 0 saturated carbocycles. The molecule has 1 aromatic heterocycles. The van der Waals surface area contributed by atoms with E-state index in [4.69, 9.17) is 9.15 Å². The lowest BCUT2D eigenvalue weighted by Crippen LogP contribution is -2.24. The Bertz CT molecular complexity index is 750. The number of anilines is 1. The summed E-state index contributed by atoms with van der Waals surface area (Å²) in [5.74, 6) is 1.85. The van der Waals surface area contributed by atoms with Crippen LogP contribution in [-0.4, -0.2) is 25.2 Å². The van der Waals surface area contributed by atoms with Crippen molar-refractivity contribution in [2.45, 2.75) is 25.7 Å². The van der Waals surface area contributed by atoms with E-state index in [1.807, 2.05) is 30.3 Å². The summed E-state index contributed by atoms with van der Waals surface area (Å²) in [5, 5.41) is 9.35. The number of benzene rings is 1. The molecule has 0 atom stereocenters. The van der Waals surface area contributed by atoms with Crippen LogP contribution in [0.5, 0.6) is 5.75 Å². The first kappa shape index (κ1) is 16.1. The second kappa shape index (κ2) is 7.69. The van der Waals surface area contributed by atoms with Gasteiger partial charge in [0.2, 0.25) is 17.5 Å². The molecule has 1 aliphatic heterocycles. The minimum atomic E-state index is 0.363. The van der Waals surface area contributed by atoms with Gasteiger partial charge in [-0.05, 0) is 36.6 Å². The Morgan fingerprint density at radius 2 is 2.00 bits per heavy atom. The van der Waals surface area contributed by atoms with Crippen LogP contribution < -0.4 is 9.64 Å². The van der Waals surface area contributed by atoms with Crippen LogP contribution >= 0.6 is 0 Å². The van der Waals surface area contributed by atoms with Gasteiger partial charge in [-0.25, -0.2) is 0 Å². The molecule has 1 aromatic carbocycles. The number of aromatic nitrogens is 1. The molecule has 1 saturated heterocycles. The number of oxazole rings is 1. The highest BCUT2D eigenvalue weighted by Crippen LogP contribution is 2.25. The van der Waals surface area contributed by atoms with E-state index in [1.54, 1.807) is 13.2 Å². The third kappa shape index (κ3) is 3.77. The first-order chi connectivity index (χ1) is 11.8. The van der Waals surface area contributed by atoms with Crippen LogP contribution in [0.1, 0.15) is 42.8 Å². The lowest BCUT2D eigenvalue weighted by molar-refractivity contribution is 0.414. The Morgan fingerprint density at radius 1 is 1.21 bits per heavy atom. The monoisotopic (exact) mass is 323 g/mol. The minimum absolute atomic E-state index is 0.363. The summed E-state index contributed by atoms with van der Waals surface area (Å²) in [6.07, 6.45) is 8.41. The highest BCUT2D eigenvalue weighted by Gasteiger charge is 2.19. The molecule has 0 bridgehead atoms. The van der Waals surface area contributed by atoms with Crippen molar-refractivity contribution < 1.29 is 9.15 Å². The summed E-state index contributed by atoms with van der Waals surface area (Å²) in [6, 6.07) is 9.88. The Morgan fingerprint density at radius 3 is 2.71 bits per heavy atom. The summed E-state index contributed by atoms with van der Waals surface area (Å²) in [6.45, 7) is 1.84. The van der Waals surface area contributed by atoms with Gasteiger partial charge in [-0.3, -0.25) is 0 Å². The van der Waals surface area contributed by atoms with E-state index in [0.29, 0.717) is 17.5 Å². The molecule has 0 spiro atoms. The molecule has 0 unspecified atom stereocenters. The van der Waals surface area contributed by atoms with E-state index in [-0.39, 0.29) is 0 Å². The van der Waals surface area contributed by atoms with Gasteiger partial charge < -0.3 is 14.1 Å². The number of hydrogen-bond acceptors (Lipinski definition) is 5. The van der Waals surface area contributed by atoms with Crippen molar-refractivity contribution in [3.05, 3.63) is 41.4 Å². The van der Waals surface area contributed by atoms with Crippen LogP contribution in [0.2, 0.25) is 0 Å².